The number of aryl methyl sites for hydroxylation is 1. The van der Waals surface area contributed by atoms with Gasteiger partial charge in [0.1, 0.15) is 0 Å². The first-order chi connectivity index (χ1) is 18.3. The van der Waals surface area contributed by atoms with Crippen LogP contribution in [0.1, 0.15) is 102 Å². The van der Waals surface area contributed by atoms with E-state index in [4.69, 9.17) is 13.1 Å². The average molecular weight is 577 g/mol. The predicted octanol–water partition coefficient (Wildman–Crippen LogP) is 7.55. The van der Waals surface area contributed by atoms with Crippen molar-refractivity contribution in [1.29, 1.82) is 0 Å². The molecule has 1 rings (SSSR count). The van der Waals surface area contributed by atoms with Crippen molar-refractivity contribution in [3.05, 3.63) is 29.8 Å². The Bertz CT molecular complexity index is 799. The van der Waals surface area contributed by atoms with Gasteiger partial charge in [-0.05, 0) is 31.7 Å². The minimum absolute atomic E-state index is 0.128. The minimum atomic E-state index is -3.93. The summed E-state index contributed by atoms with van der Waals surface area (Å²) in [6, 6.07) is 6.60. The highest BCUT2D eigenvalue weighted by molar-refractivity contribution is 8.32. The van der Waals surface area contributed by atoms with Gasteiger partial charge in [-0.15, -0.1) is 10.3 Å². The van der Waals surface area contributed by atoms with Gasteiger partial charge >= 0.3 is 10.1 Å². The summed E-state index contributed by atoms with van der Waals surface area (Å²) in [5, 5.41) is 9.59. The molecule has 0 spiro atoms. The van der Waals surface area contributed by atoms with Gasteiger partial charge in [-0.25, -0.2) is 3.63 Å². The monoisotopic (exact) mass is 576 g/mol. The van der Waals surface area contributed by atoms with E-state index in [0.717, 1.165) is 12.0 Å². The maximum absolute atomic E-state index is 12.9. The zero-order valence-electron chi connectivity index (χ0n) is 24.6. The molecule has 1 aromatic carbocycles. The Hall–Kier alpha value is -0.640. The summed E-state index contributed by atoms with van der Waals surface area (Å²) in [5.74, 6) is 0.644. The molecule has 6 nitrogen and oxygen atoms in total. The largest absolute Gasteiger partial charge is 0.395 e. The number of benzene rings is 1. The van der Waals surface area contributed by atoms with Crippen LogP contribution in [0.25, 0.3) is 0 Å². The number of aliphatic hydroxyl groups excluding tert-OH is 1. The summed E-state index contributed by atoms with van der Waals surface area (Å²) >= 11 is 0. The Kier molecular flexibility index (Phi) is 19.7. The second-order valence-electron chi connectivity index (χ2n) is 10.6. The van der Waals surface area contributed by atoms with E-state index in [-0.39, 0.29) is 23.4 Å². The lowest BCUT2D eigenvalue weighted by molar-refractivity contribution is 0.0190. The van der Waals surface area contributed by atoms with Gasteiger partial charge in [0.25, 0.3) is 0 Å². The molecule has 0 aliphatic heterocycles. The van der Waals surface area contributed by atoms with Crippen LogP contribution in [0.5, 0.6) is 0 Å². The SMILES string of the molecule is CCCCCCCCCCCCCCCCOCC(CS(C)(CCO)OS(=O)(=O)c1ccc(C)cc1)OC. The fourth-order valence-electron chi connectivity index (χ4n) is 4.49. The Morgan fingerprint density at radius 1 is 0.816 bits per heavy atom. The molecular formula is C30H56O6S2. The molecule has 0 aliphatic carbocycles. The maximum atomic E-state index is 12.9. The summed E-state index contributed by atoms with van der Waals surface area (Å²) < 4.78 is 42.9. The summed E-state index contributed by atoms with van der Waals surface area (Å²) in [6.07, 6.45) is 20.0. The third-order valence-electron chi connectivity index (χ3n) is 6.90. The van der Waals surface area contributed by atoms with Gasteiger partial charge in [-0.2, -0.15) is 8.42 Å². The van der Waals surface area contributed by atoms with Crippen LogP contribution in [0.4, 0.5) is 0 Å². The van der Waals surface area contributed by atoms with Crippen molar-refractivity contribution in [2.75, 3.05) is 44.7 Å². The van der Waals surface area contributed by atoms with Crippen LogP contribution in [0.3, 0.4) is 0 Å². The lowest BCUT2D eigenvalue weighted by atomic mass is 10.0. The first-order valence-electron chi connectivity index (χ1n) is 14.7. The van der Waals surface area contributed by atoms with Crippen LogP contribution in [-0.2, 0) is 23.2 Å². The van der Waals surface area contributed by atoms with E-state index < -0.39 is 20.4 Å². The highest BCUT2D eigenvalue weighted by Crippen LogP contribution is 2.48. The molecule has 0 aliphatic rings. The third-order valence-corrected chi connectivity index (χ3v) is 11.9. The van der Waals surface area contributed by atoms with Crippen LogP contribution in [-0.4, -0.2) is 64.3 Å². The molecule has 0 saturated carbocycles. The van der Waals surface area contributed by atoms with Crippen molar-refractivity contribution in [2.24, 2.45) is 0 Å². The zero-order valence-corrected chi connectivity index (χ0v) is 26.3. The van der Waals surface area contributed by atoms with Crippen LogP contribution < -0.4 is 0 Å². The lowest BCUT2D eigenvalue weighted by Gasteiger charge is -2.36. The van der Waals surface area contributed by atoms with Crippen LogP contribution >= 0.6 is 10.3 Å². The first kappa shape index (κ1) is 35.4. The molecular weight excluding hydrogens is 520 g/mol. The van der Waals surface area contributed by atoms with Crippen molar-refractivity contribution < 1.29 is 26.6 Å². The van der Waals surface area contributed by atoms with Crippen molar-refractivity contribution in [3.63, 3.8) is 0 Å². The van der Waals surface area contributed by atoms with E-state index in [9.17, 15) is 13.5 Å². The second-order valence-corrected chi connectivity index (χ2v) is 15.7. The van der Waals surface area contributed by atoms with E-state index >= 15 is 0 Å². The standard InChI is InChI=1S/C30H56O6S2/c1-5-6-7-8-9-10-11-12-13-14-15-16-17-18-24-35-26-29(34-3)27-37(4,25-23-31)36-38(32,33)30-21-19-28(2)20-22-30/h19-22,29,31H,5-18,23-27H2,1-4H3. The Morgan fingerprint density at radius 3 is 1.79 bits per heavy atom. The van der Waals surface area contributed by atoms with Gasteiger partial charge in [0, 0.05) is 25.2 Å². The second kappa shape index (κ2) is 21.2. The fourth-order valence-corrected chi connectivity index (χ4v) is 9.07. The first-order valence-corrected chi connectivity index (χ1v) is 18.5. The molecule has 0 bridgehead atoms. The fraction of sp³-hybridized carbons (Fsp3) is 0.800. The highest BCUT2D eigenvalue weighted by Gasteiger charge is 2.31. The number of unbranched alkanes of at least 4 members (excludes halogenated alkanes) is 13. The van der Waals surface area contributed by atoms with Crippen molar-refractivity contribution >= 4 is 20.4 Å². The number of ether oxygens (including phenoxy) is 2. The van der Waals surface area contributed by atoms with Crippen molar-refractivity contribution in [1.82, 2.24) is 0 Å². The van der Waals surface area contributed by atoms with Crippen molar-refractivity contribution in [2.45, 2.75) is 115 Å². The molecule has 0 radical (unpaired) electrons. The molecule has 1 N–H and O–H groups in total. The Labute approximate surface area is 235 Å². The smallest absolute Gasteiger partial charge is 0.306 e. The normalized spacial score (nSPS) is 15.3. The Morgan fingerprint density at radius 2 is 1.32 bits per heavy atom. The third kappa shape index (κ3) is 16.5. The molecule has 1 aromatic rings. The summed E-state index contributed by atoms with van der Waals surface area (Å²) in [6.45, 7) is 5.08. The molecule has 0 heterocycles. The number of hydrogen-bond acceptors (Lipinski definition) is 6. The minimum Gasteiger partial charge on any atom is -0.395 e. The molecule has 0 aromatic heterocycles. The molecule has 38 heavy (non-hydrogen) atoms. The molecule has 224 valence electrons. The van der Waals surface area contributed by atoms with E-state index in [0.29, 0.717) is 19.0 Å². The van der Waals surface area contributed by atoms with Gasteiger partial charge in [0.05, 0.1) is 24.2 Å². The van der Waals surface area contributed by atoms with Crippen molar-refractivity contribution in [3.8, 4) is 0 Å². The summed E-state index contributed by atoms with van der Waals surface area (Å²) in [5.41, 5.74) is 0.977. The van der Waals surface area contributed by atoms with Gasteiger partial charge in [0.15, 0.2) is 0 Å². The quantitative estimate of drug-likeness (QED) is 0.121. The maximum Gasteiger partial charge on any atom is 0.306 e. The zero-order chi connectivity index (χ0) is 28.1. The predicted molar refractivity (Wildman–Crippen MR) is 162 cm³/mol. The van der Waals surface area contributed by atoms with E-state index in [1.54, 1.807) is 37.6 Å². The van der Waals surface area contributed by atoms with E-state index in [2.05, 4.69) is 6.92 Å². The van der Waals surface area contributed by atoms with E-state index in [1.165, 1.54) is 83.5 Å². The number of hydrogen-bond donors (Lipinski definition) is 1. The van der Waals surface area contributed by atoms with Crippen LogP contribution in [0.15, 0.2) is 29.2 Å². The highest BCUT2D eigenvalue weighted by atomic mass is 32.3. The molecule has 2 atom stereocenters. The average Bonchev–Trinajstić information content (AvgIpc) is 2.87. The van der Waals surface area contributed by atoms with Gasteiger partial charge in [0.2, 0.25) is 0 Å². The summed E-state index contributed by atoms with van der Waals surface area (Å²) in [7, 11) is -4.46. The topological polar surface area (TPSA) is 82.1 Å². The molecule has 0 fully saturated rings. The molecule has 0 saturated heterocycles. The van der Waals surface area contributed by atoms with Crippen LogP contribution in [0.2, 0.25) is 0 Å². The number of aliphatic hydroxyl groups is 1. The number of methoxy groups -OCH3 is 1. The van der Waals surface area contributed by atoms with Gasteiger partial charge in [-0.3, -0.25) is 0 Å². The lowest BCUT2D eigenvalue weighted by Crippen LogP contribution is -2.30. The van der Waals surface area contributed by atoms with Gasteiger partial charge in [-0.1, -0.05) is 108 Å². The molecule has 8 heteroatoms. The summed E-state index contributed by atoms with van der Waals surface area (Å²) in [4.78, 5) is 0.128. The van der Waals surface area contributed by atoms with E-state index in [1.807, 2.05) is 6.92 Å². The number of rotatable bonds is 25. The molecule has 0 amide bonds. The van der Waals surface area contributed by atoms with Crippen LogP contribution in [0, 0.1) is 6.92 Å². The van der Waals surface area contributed by atoms with Gasteiger partial charge < -0.3 is 14.6 Å². The molecule has 2 unspecified atom stereocenters. The Balaban J connectivity index is 2.23.